The molecule has 2 N–H and O–H groups in total. The largest absolute Gasteiger partial charge is 0.384 e. The standard InChI is InChI=1S/C13H19ClN2O/c1-8-4-12(14)16-7-11(8)13(17)9(2)5-15-6-10(13)3/h4,7,9-10,15,17H,5-6H2,1-3H3/t9-,10+,13?. The van der Waals surface area contributed by atoms with Crippen LogP contribution in [0.25, 0.3) is 0 Å². The number of aromatic nitrogens is 1. The van der Waals surface area contributed by atoms with Gasteiger partial charge in [-0.1, -0.05) is 25.4 Å². The molecule has 2 rings (SSSR count). The van der Waals surface area contributed by atoms with E-state index in [0.717, 1.165) is 24.2 Å². The quantitative estimate of drug-likeness (QED) is 0.755. The van der Waals surface area contributed by atoms with Crippen LogP contribution in [0.3, 0.4) is 0 Å². The van der Waals surface area contributed by atoms with Crippen LogP contribution in [0, 0.1) is 18.8 Å². The summed E-state index contributed by atoms with van der Waals surface area (Å²) in [6.45, 7) is 7.75. The first-order valence-corrected chi connectivity index (χ1v) is 6.39. The van der Waals surface area contributed by atoms with Crippen LogP contribution >= 0.6 is 11.6 Å². The Hall–Kier alpha value is -0.640. The molecule has 0 saturated carbocycles. The molecule has 4 heteroatoms. The first-order chi connectivity index (χ1) is 7.96. The Labute approximate surface area is 107 Å². The third-order valence-corrected chi connectivity index (χ3v) is 4.12. The molecule has 94 valence electrons. The van der Waals surface area contributed by atoms with Crippen molar-refractivity contribution >= 4 is 11.6 Å². The van der Waals surface area contributed by atoms with Crippen molar-refractivity contribution in [1.82, 2.24) is 10.3 Å². The number of hydrogen-bond acceptors (Lipinski definition) is 3. The van der Waals surface area contributed by atoms with Gasteiger partial charge in [0.25, 0.3) is 0 Å². The SMILES string of the molecule is Cc1cc(Cl)ncc1C1(O)[C@H](C)CNC[C@@H]1C. The van der Waals surface area contributed by atoms with Crippen molar-refractivity contribution in [2.24, 2.45) is 11.8 Å². The fraction of sp³-hybridized carbons (Fsp3) is 0.615. The van der Waals surface area contributed by atoms with Gasteiger partial charge in [-0.05, 0) is 18.6 Å². The Morgan fingerprint density at radius 3 is 2.53 bits per heavy atom. The number of piperidine rings is 1. The Kier molecular flexibility index (Phi) is 3.43. The predicted octanol–water partition coefficient (Wildman–Crippen LogP) is 2.11. The summed E-state index contributed by atoms with van der Waals surface area (Å²) in [5.41, 5.74) is 1.10. The Balaban J connectivity index is 2.48. The molecule has 0 spiro atoms. The molecule has 2 heterocycles. The van der Waals surface area contributed by atoms with Crippen LogP contribution in [-0.4, -0.2) is 23.2 Å². The van der Waals surface area contributed by atoms with Gasteiger partial charge in [-0.15, -0.1) is 0 Å². The summed E-state index contributed by atoms with van der Waals surface area (Å²) in [6, 6.07) is 1.82. The monoisotopic (exact) mass is 254 g/mol. The van der Waals surface area contributed by atoms with Crippen molar-refractivity contribution < 1.29 is 5.11 Å². The van der Waals surface area contributed by atoms with Crippen molar-refractivity contribution in [3.05, 3.63) is 28.5 Å². The minimum atomic E-state index is -0.813. The average Bonchev–Trinajstić information content (AvgIpc) is 2.26. The summed E-state index contributed by atoms with van der Waals surface area (Å²) in [5.74, 6) is 0.320. The first-order valence-electron chi connectivity index (χ1n) is 6.02. The summed E-state index contributed by atoms with van der Waals surface area (Å²) >= 11 is 5.87. The van der Waals surface area contributed by atoms with Crippen molar-refractivity contribution in [3.8, 4) is 0 Å². The van der Waals surface area contributed by atoms with Crippen LogP contribution < -0.4 is 5.32 Å². The summed E-state index contributed by atoms with van der Waals surface area (Å²) in [7, 11) is 0. The van der Waals surface area contributed by atoms with Gasteiger partial charge in [0.15, 0.2) is 0 Å². The molecule has 3 atom stereocenters. The fourth-order valence-corrected chi connectivity index (χ4v) is 3.00. The maximum Gasteiger partial charge on any atom is 0.129 e. The van der Waals surface area contributed by atoms with E-state index in [1.54, 1.807) is 6.20 Å². The molecule has 0 bridgehead atoms. The molecular formula is C13H19ClN2O. The van der Waals surface area contributed by atoms with Gasteiger partial charge in [-0.25, -0.2) is 4.98 Å². The smallest absolute Gasteiger partial charge is 0.129 e. The molecule has 1 unspecified atom stereocenters. The topological polar surface area (TPSA) is 45.2 Å². The highest BCUT2D eigenvalue weighted by atomic mass is 35.5. The molecule has 0 radical (unpaired) electrons. The van der Waals surface area contributed by atoms with E-state index in [4.69, 9.17) is 11.6 Å². The number of halogens is 1. The minimum absolute atomic E-state index is 0.160. The lowest BCUT2D eigenvalue weighted by Crippen LogP contribution is -2.53. The second-order valence-corrected chi connectivity index (χ2v) is 5.49. The van der Waals surface area contributed by atoms with Gasteiger partial charge in [-0.3, -0.25) is 0 Å². The molecule has 1 aromatic heterocycles. The highest BCUT2D eigenvalue weighted by molar-refractivity contribution is 6.29. The van der Waals surface area contributed by atoms with Crippen molar-refractivity contribution in [1.29, 1.82) is 0 Å². The Bertz CT molecular complexity index is 412. The van der Waals surface area contributed by atoms with Gasteiger partial charge in [0, 0.05) is 36.7 Å². The van der Waals surface area contributed by atoms with Crippen LogP contribution in [0.4, 0.5) is 0 Å². The molecule has 17 heavy (non-hydrogen) atoms. The normalized spacial score (nSPS) is 33.7. The molecule has 1 aliphatic rings. The molecular weight excluding hydrogens is 236 g/mol. The summed E-state index contributed by atoms with van der Waals surface area (Å²) < 4.78 is 0. The van der Waals surface area contributed by atoms with Gasteiger partial charge in [0.05, 0.1) is 5.60 Å². The van der Waals surface area contributed by atoms with Crippen molar-refractivity contribution in [3.63, 3.8) is 0 Å². The lowest BCUT2D eigenvalue weighted by molar-refractivity contribution is -0.0813. The van der Waals surface area contributed by atoms with Gasteiger partial charge in [0.2, 0.25) is 0 Å². The van der Waals surface area contributed by atoms with E-state index in [0.29, 0.717) is 5.15 Å². The molecule has 0 amide bonds. The lowest BCUT2D eigenvalue weighted by atomic mass is 9.71. The average molecular weight is 255 g/mol. The van der Waals surface area contributed by atoms with Gasteiger partial charge < -0.3 is 10.4 Å². The zero-order valence-electron chi connectivity index (χ0n) is 10.5. The van der Waals surface area contributed by atoms with Crippen molar-refractivity contribution in [2.45, 2.75) is 26.4 Å². The van der Waals surface area contributed by atoms with Gasteiger partial charge >= 0.3 is 0 Å². The van der Waals surface area contributed by atoms with E-state index in [1.807, 2.05) is 13.0 Å². The van der Waals surface area contributed by atoms with Crippen molar-refractivity contribution in [2.75, 3.05) is 13.1 Å². The zero-order valence-corrected chi connectivity index (χ0v) is 11.3. The van der Waals surface area contributed by atoms with Gasteiger partial charge in [-0.2, -0.15) is 0 Å². The molecule has 1 aliphatic heterocycles. The molecule has 3 nitrogen and oxygen atoms in total. The van der Waals surface area contributed by atoms with E-state index in [1.165, 1.54) is 0 Å². The maximum absolute atomic E-state index is 11.0. The minimum Gasteiger partial charge on any atom is -0.384 e. The van der Waals surface area contributed by atoms with Gasteiger partial charge in [0.1, 0.15) is 5.15 Å². The first kappa shape index (κ1) is 12.8. The van der Waals surface area contributed by atoms with Crippen LogP contribution in [0.1, 0.15) is 25.0 Å². The Morgan fingerprint density at radius 2 is 2.00 bits per heavy atom. The van der Waals surface area contributed by atoms with E-state index in [2.05, 4.69) is 24.1 Å². The van der Waals surface area contributed by atoms with Crippen LogP contribution in [0.5, 0.6) is 0 Å². The predicted molar refractivity (Wildman–Crippen MR) is 69.1 cm³/mol. The second kappa shape index (κ2) is 4.56. The third kappa shape index (κ3) is 2.07. The van der Waals surface area contributed by atoms with Crippen LogP contribution in [0.15, 0.2) is 12.3 Å². The highest BCUT2D eigenvalue weighted by Gasteiger charge is 2.44. The highest BCUT2D eigenvalue weighted by Crippen LogP contribution is 2.40. The number of hydrogen-bond donors (Lipinski definition) is 2. The number of nitrogens with one attached hydrogen (secondary N) is 1. The summed E-state index contributed by atoms with van der Waals surface area (Å²) in [4.78, 5) is 4.11. The van der Waals surface area contributed by atoms with E-state index < -0.39 is 5.60 Å². The zero-order chi connectivity index (χ0) is 12.6. The lowest BCUT2D eigenvalue weighted by Gasteiger charge is -2.44. The number of aliphatic hydroxyl groups is 1. The van der Waals surface area contributed by atoms with E-state index >= 15 is 0 Å². The molecule has 1 saturated heterocycles. The number of nitrogens with zero attached hydrogens (tertiary/aromatic N) is 1. The number of pyridine rings is 1. The fourth-order valence-electron chi connectivity index (χ4n) is 2.79. The van der Waals surface area contributed by atoms with Crippen LogP contribution in [0.2, 0.25) is 5.15 Å². The maximum atomic E-state index is 11.0. The summed E-state index contributed by atoms with van der Waals surface area (Å²) in [6.07, 6.45) is 1.72. The number of aryl methyl sites for hydroxylation is 1. The number of rotatable bonds is 1. The molecule has 1 fully saturated rings. The molecule has 0 aliphatic carbocycles. The molecule has 1 aromatic rings. The van der Waals surface area contributed by atoms with E-state index in [9.17, 15) is 5.11 Å². The molecule has 0 aromatic carbocycles. The Morgan fingerprint density at radius 1 is 1.41 bits per heavy atom. The third-order valence-electron chi connectivity index (χ3n) is 3.91. The van der Waals surface area contributed by atoms with Crippen LogP contribution in [-0.2, 0) is 5.60 Å². The summed E-state index contributed by atoms with van der Waals surface area (Å²) in [5, 5.41) is 14.8. The second-order valence-electron chi connectivity index (χ2n) is 5.11. The van der Waals surface area contributed by atoms with E-state index in [-0.39, 0.29) is 11.8 Å².